The van der Waals surface area contributed by atoms with Crippen molar-refractivity contribution in [2.45, 2.75) is 20.8 Å². The number of para-hydroxylation sites is 1. The minimum Gasteiger partial charge on any atom is -0.493 e. The largest absolute Gasteiger partial charge is 0.493 e. The summed E-state index contributed by atoms with van der Waals surface area (Å²) in [5, 5.41) is 10.4. The number of fused-ring (bicyclic) bond motifs is 1. The summed E-state index contributed by atoms with van der Waals surface area (Å²) in [6.45, 7) is 5.86. The number of carbonyl (C=O) groups is 1. The molecule has 1 heterocycles. The second-order valence-corrected chi connectivity index (χ2v) is 9.06. The van der Waals surface area contributed by atoms with Crippen molar-refractivity contribution in [1.82, 2.24) is 4.98 Å². The van der Waals surface area contributed by atoms with Gasteiger partial charge in [0.25, 0.3) is 0 Å². The van der Waals surface area contributed by atoms with Gasteiger partial charge in [0.05, 0.1) is 22.9 Å². The lowest BCUT2D eigenvalue weighted by Gasteiger charge is -2.13. The summed E-state index contributed by atoms with van der Waals surface area (Å²) < 4.78 is 12.3. The number of hydrogen-bond donors (Lipinski definition) is 0. The van der Waals surface area contributed by atoms with E-state index in [1.54, 1.807) is 25.3 Å². The van der Waals surface area contributed by atoms with E-state index in [1.807, 2.05) is 63.2 Å². The molecule has 0 saturated carbocycles. The van der Waals surface area contributed by atoms with Crippen molar-refractivity contribution in [3.63, 3.8) is 0 Å². The lowest BCUT2D eigenvalue weighted by atomic mass is 9.98. The van der Waals surface area contributed by atoms with Gasteiger partial charge < -0.3 is 9.47 Å². The zero-order valence-corrected chi connectivity index (χ0v) is 20.3. The maximum atomic E-state index is 12.8. The number of ether oxygens (including phenoxy) is 2. The third-order valence-electron chi connectivity index (χ3n) is 5.64. The second-order valence-electron chi connectivity index (χ2n) is 8.03. The van der Waals surface area contributed by atoms with Crippen LogP contribution in [0.4, 0.5) is 0 Å². The number of ketones is 1. The van der Waals surface area contributed by atoms with Crippen molar-refractivity contribution < 1.29 is 14.3 Å². The highest BCUT2D eigenvalue weighted by atomic mass is 32.1. The van der Waals surface area contributed by atoms with Crippen LogP contribution in [-0.2, 0) is 0 Å². The number of Topliss-reactive ketones (excluding diaryl/α,β-unsaturated/α-hetero) is 1. The number of nitriles is 1. The highest BCUT2D eigenvalue weighted by Gasteiger charge is 2.14. The predicted octanol–water partition coefficient (Wildman–Crippen LogP) is 6.56. The molecule has 34 heavy (non-hydrogen) atoms. The van der Waals surface area contributed by atoms with Gasteiger partial charge in [-0.2, -0.15) is 5.26 Å². The van der Waals surface area contributed by atoms with Gasteiger partial charge in [-0.15, -0.1) is 11.3 Å². The van der Waals surface area contributed by atoms with E-state index in [-0.39, 0.29) is 12.4 Å². The van der Waals surface area contributed by atoms with Crippen LogP contribution in [0.15, 0.2) is 54.6 Å². The average Bonchev–Trinajstić information content (AvgIpc) is 3.27. The molecular formula is C28H24N2O3S. The van der Waals surface area contributed by atoms with Crippen LogP contribution < -0.4 is 9.47 Å². The van der Waals surface area contributed by atoms with Gasteiger partial charge in [0.15, 0.2) is 23.9 Å². The first-order valence-electron chi connectivity index (χ1n) is 10.8. The molecule has 170 valence electrons. The van der Waals surface area contributed by atoms with Gasteiger partial charge in [-0.25, -0.2) is 4.98 Å². The fraction of sp³-hybridized carbons (Fsp3) is 0.179. The minimum absolute atomic E-state index is 0.0887. The van der Waals surface area contributed by atoms with Gasteiger partial charge in [0, 0.05) is 5.56 Å². The molecule has 0 fully saturated rings. The summed E-state index contributed by atoms with van der Waals surface area (Å²) in [5.41, 5.74) is 5.94. The molecule has 0 spiro atoms. The number of aryl methyl sites for hydroxylation is 3. The van der Waals surface area contributed by atoms with Gasteiger partial charge in [0.1, 0.15) is 11.1 Å². The fourth-order valence-electron chi connectivity index (χ4n) is 3.67. The third kappa shape index (κ3) is 4.85. The predicted molar refractivity (Wildman–Crippen MR) is 137 cm³/mol. The number of thiazole rings is 1. The summed E-state index contributed by atoms with van der Waals surface area (Å²) in [5.74, 6) is 0.863. The summed E-state index contributed by atoms with van der Waals surface area (Å²) >= 11 is 1.48. The molecule has 0 aliphatic carbocycles. The van der Waals surface area contributed by atoms with Crippen LogP contribution in [0, 0.1) is 32.1 Å². The Bertz CT molecular complexity index is 1430. The van der Waals surface area contributed by atoms with Crippen molar-refractivity contribution in [1.29, 1.82) is 5.26 Å². The van der Waals surface area contributed by atoms with Crippen LogP contribution in [0.25, 0.3) is 21.9 Å². The molecular weight excluding hydrogens is 444 g/mol. The molecule has 5 nitrogen and oxygen atoms in total. The maximum absolute atomic E-state index is 12.8. The number of aromatic nitrogens is 1. The maximum Gasteiger partial charge on any atom is 0.200 e. The topological polar surface area (TPSA) is 72.2 Å². The van der Waals surface area contributed by atoms with E-state index < -0.39 is 0 Å². The Morgan fingerprint density at radius 2 is 1.79 bits per heavy atom. The van der Waals surface area contributed by atoms with Crippen molar-refractivity contribution >= 4 is 39.0 Å². The Morgan fingerprint density at radius 3 is 2.53 bits per heavy atom. The molecule has 4 aromatic rings. The Balaban J connectivity index is 1.55. The van der Waals surface area contributed by atoms with Gasteiger partial charge in [-0.3, -0.25) is 4.79 Å². The highest BCUT2D eigenvalue weighted by Crippen LogP contribution is 2.32. The van der Waals surface area contributed by atoms with Gasteiger partial charge in [-0.05, 0) is 79.4 Å². The first-order valence-corrected chi connectivity index (χ1v) is 11.6. The van der Waals surface area contributed by atoms with Crippen molar-refractivity contribution in [2.75, 3.05) is 13.7 Å². The van der Waals surface area contributed by atoms with Gasteiger partial charge >= 0.3 is 0 Å². The Labute approximate surface area is 202 Å². The molecule has 0 saturated heterocycles. The zero-order chi connectivity index (χ0) is 24.2. The number of carbonyl (C=O) groups excluding carboxylic acids is 1. The van der Waals surface area contributed by atoms with Gasteiger partial charge in [-0.1, -0.05) is 24.3 Å². The molecule has 3 aromatic carbocycles. The molecule has 1 aromatic heterocycles. The Hall–Kier alpha value is -3.95. The smallest absolute Gasteiger partial charge is 0.200 e. The van der Waals surface area contributed by atoms with E-state index in [4.69, 9.17) is 9.47 Å². The van der Waals surface area contributed by atoms with Crippen molar-refractivity contribution in [3.05, 3.63) is 87.4 Å². The number of benzene rings is 3. The molecule has 0 atom stereocenters. The first kappa shape index (κ1) is 23.2. The third-order valence-corrected chi connectivity index (χ3v) is 6.71. The average molecular weight is 469 g/mol. The Kier molecular flexibility index (Phi) is 6.76. The Morgan fingerprint density at radius 1 is 1.03 bits per heavy atom. The van der Waals surface area contributed by atoms with E-state index >= 15 is 0 Å². The van der Waals surface area contributed by atoms with Crippen molar-refractivity contribution in [2.24, 2.45) is 0 Å². The van der Waals surface area contributed by atoms with Crippen LogP contribution in [0.5, 0.6) is 11.5 Å². The molecule has 4 rings (SSSR count). The molecule has 0 radical (unpaired) electrons. The normalized spacial score (nSPS) is 11.3. The number of hydrogen-bond acceptors (Lipinski definition) is 6. The monoisotopic (exact) mass is 468 g/mol. The van der Waals surface area contributed by atoms with Crippen molar-refractivity contribution in [3.8, 4) is 17.6 Å². The standard InChI is InChI=1S/C28H24N2O3S/c1-17-11-19(3)22(12-18(17)2)24(31)16-33-25-10-9-20(14-26(25)32-4)13-21(15-29)28-30-23-7-5-6-8-27(23)34-28/h5-14H,16H2,1-4H3. The van der Waals surface area contributed by atoms with E-state index in [2.05, 4.69) is 11.1 Å². The molecule has 6 heteroatoms. The quantitative estimate of drug-likeness (QED) is 0.227. The number of nitrogens with zero attached hydrogens (tertiary/aromatic N) is 2. The van der Waals surface area contributed by atoms with E-state index in [0.717, 1.165) is 32.5 Å². The number of rotatable bonds is 7. The molecule has 0 N–H and O–H groups in total. The van der Waals surface area contributed by atoms with E-state index in [9.17, 15) is 10.1 Å². The van der Waals surface area contributed by atoms with Crippen LogP contribution in [0.1, 0.15) is 37.6 Å². The van der Waals surface area contributed by atoms with Crippen LogP contribution in [0.3, 0.4) is 0 Å². The highest BCUT2D eigenvalue weighted by molar-refractivity contribution is 7.19. The summed E-state index contributed by atoms with van der Waals surface area (Å²) in [6, 6.07) is 19.3. The summed E-state index contributed by atoms with van der Waals surface area (Å²) in [6.07, 6.45) is 1.77. The lowest BCUT2D eigenvalue weighted by Crippen LogP contribution is -2.14. The minimum atomic E-state index is -0.0932. The molecule has 0 unspecified atom stereocenters. The number of allylic oxidation sites excluding steroid dienone is 1. The molecule has 0 bridgehead atoms. The molecule has 0 amide bonds. The summed E-state index contributed by atoms with van der Waals surface area (Å²) in [4.78, 5) is 17.3. The lowest BCUT2D eigenvalue weighted by molar-refractivity contribution is 0.0919. The second kappa shape index (κ2) is 9.90. The SMILES string of the molecule is COc1cc(C=C(C#N)c2nc3ccccc3s2)ccc1OCC(=O)c1cc(C)c(C)cc1C. The van der Waals surface area contributed by atoms with Crippen LogP contribution in [0.2, 0.25) is 0 Å². The van der Waals surface area contributed by atoms with E-state index in [0.29, 0.717) is 27.6 Å². The van der Waals surface area contributed by atoms with Crippen LogP contribution >= 0.6 is 11.3 Å². The van der Waals surface area contributed by atoms with E-state index in [1.165, 1.54) is 11.3 Å². The first-order chi connectivity index (χ1) is 16.4. The van der Waals surface area contributed by atoms with Gasteiger partial charge in [0.2, 0.25) is 0 Å². The fourth-order valence-corrected chi connectivity index (χ4v) is 4.60. The van der Waals surface area contributed by atoms with Crippen LogP contribution in [-0.4, -0.2) is 24.5 Å². The molecule has 0 aliphatic heterocycles. The summed E-state index contributed by atoms with van der Waals surface area (Å²) in [7, 11) is 1.55. The molecule has 0 aliphatic rings. The zero-order valence-electron chi connectivity index (χ0n) is 19.5. The number of methoxy groups -OCH3 is 1.